The summed E-state index contributed by atoms with van der Waals surface area (Å²) in [5, 5.41) is 0. The van der Waals surface area contributed by atoms with E-state index in [-0.39, 0.29) is 23.0 Å². The van der Waals surface area contributed by atoms with Crippen LogP contribution in [-0.2, 0) is 9.59 Å². The molecule has 158 valence electrons. The van der Waals surface area contributed by atoms with Crippen LogP contribution in [0, 0.1) is 23.2 Å². The summed E-state index contributed by atoms with van der Waals surface area (Å²) in [6.45, 7) is 4.19. The fraction of sp³-hybridized carbons (Fsp3) is 0.556. The largest absolute Gasteiger partial charge is 0.300 e. The van der Waals surface area contributed by atoms with Gasteiger partial charge in [-0.3, -0.25) is 9.59 Å². The number of ketones is 2. The van der Waals surface area contributed by atoms with Crippen molar-refractivity contribution in [2.45, 2.75) is 69.6 Å². The van der Waals surface area contributed by atoms with Gasteiger partial charge in [-0.1, -0.05) is 24.6 Å². The number of hydrogen-bond donors (Lipinski definition) is 0. The van der Waals surface area contributed by atoms with Gasteiger partial charge in [-0.2, -0.15) is 0 Å². The first-order valence-electron chi connectivity index (χ1n) is 11.5. The summed E-state index contributed by atoms with van der Waals surface area (Å²) in [4.78, 5) is 26.5. The van der Waals surface area contributed by atoms with Gasteiger partial charge in [-0.25, -0.2) is 0 Å². The summed E-state index contributed by atoms with van der Waals surface area (Å²) in [7, 11) is 0. The van der Waals surface area contributed by atoms with E-state index in [4.69, 9.17) is 0 Å². The summed E-state index contributed by atoms with van der Waals surface area (Å²) in [6, 6.07) is 8.57. The Balaban J connectivity index is 1.48. The highest BCUT2D eigenvalue weighted by atomic mass is 32.2. The summed E-state index contributed by atoms with van der Waals surface area (Å²) in [5.74, 6) is 2.15. The average molecular weight is 421 g/mol. The van der Waals surface area contributed by atoms with Crippen molar-refractivity contribution >= 4 is 23.3 Å². The van der Waals surface area contributed by atoms with Crippen molar-refractivity contribution in [2.24, 2.45) is 23.2 Å². The summed E-state index contributed by atoms with van der Waals surface area (Å²) < 4.78 is 0. The van der Waals surface area contributed by atoms with E-state index < -0.39 is 0 Å². The number of fused-ring (bicyclic) bond motifs is 4. The van der Waals surface area contributed by atoms with E-state index in [9.17, 15) is 9.59 Å². The Kier molecular flexibility index (Phi) is 5.08. The smallest absolute Gasteiger partial charge is 0.163 e. The van der Waals surface area contributed by atoms with Crippen LogP contribution in [0.1, 0.15) is 70.3 Å². The van der Waals surface area contributed by atoms with Gasteiger partial charge >= 0.3 is 0 Å². The maximum Gasteiger partial charge on any atom is 0.163 e. The maximum atomic E-state index is 13.0. The van der Waals surface area contributed by atoms with Gasteiger partial charge in [-0.15, -0.1) is 11.8 Å². The van der Waals surface area contributed by atoms with E-state index in [1.807, 2.05) is 6.08 Å². The molecule has 2 fully saturated rings. The molecule has 0 aromatic heterocycles. The molecule has 4 aliphatic rings. The molecule has 1 aromatic carbocycles. The first-order valence-corrected chi connectivity index (χ1v) is 12.8. The number of benzene rings is 1. The first-order chi connectivity index (χ1) is 14.4. The maximum absolute atomic E-state index is 13.0. The molecule has 4 aliphatic carbocycles. The lowest BCUT2D eigenvalue weighted by Gasteiger charge is -2.49. The van der Waals surface area contributed by atoms with Crippen molar-refractivity contribution in [3.8, 4) is 0 Å². The fourth-order valence-corrected chi connectivity index (χ4v) is 7.73. The van der Waals surface area contributed by atoms with Gasteiger partial charge in [0, 0.05) is 10.8 Å². The van der Waals surface area contributed by atoms with Crippen LogP contribution in [0.2, 0.25) is 0 Å². The topological polar surface area (TPSA) is 34.1 Å². The van der Waals surface area contributed by atoms with Crippen LogP contribution in [0.15, 0.2) is 52.0 Å². The third-order valence-corrected chi connectivity index (χ3v) is 9.60. The molecule has 0 saturated heterocycles. The molecule has 2 saturated carbocycles. The van der Waals surface area contributed by atoms with Crippen LogP contribution >= 0.6 is 11.8 Å². The quantitative estimate of drug-likeness (QED) is 0.523. The predicted octanol–water partition coefficient (Wildman–Crippen LogP) is 6.51. The van der Waals surface area contributed by atoms with Gasteiger partial charge < -0.3 is 0 Å². The molecular formula is C27H32O2S. The van der Waals surface area contributed by atoms with Crippen molar-refractivity contribution in [3.05, 3.63) is 52.6 Å². The van der Waals surface area contributed by atoms with Crippen LogP contribution in [0.5, 0.6) is 0 Å². The van der Waals surface area contributed by atoms with E-state index in [0.717, 1.165) is 44.1 Å². The molecular weight excluding hydrogens is 388 g/mol. The third-order valence-electron chi connectivity index (χ3n) is 8.85. The van der Waals surface area contributed by atoms with Crippen LogP contribution in [0.25, 0.3) is 0 Å². The van der Waals surface area contributed by atoms with Crippen molar-refractivity contribution in [3.63, 3.8) is 0 Å². The lowest BCUT2D eigenvalue weighted by molar-refractivity contribution is -0.125. The second kappa shape index (κ2) is 7.51. The van der Waals surface area contributed by atoms with Crippen molar-refractivity contribution in [1.82, 2.24) is 0 Å². The van der Waals surface area contributed by atoms with E-state index in [2.05, 4.69) is 37.4 Å². The molecule has 0 bridgehead atoms. The van der Waals surface area contributed by atoms with Crippen LogP contribution in [-0.4, -0.2) is 17.8 Å². The average Bonchev–Trinajstić information content (AvgIpc) is 3.10. The fourth-order valence-electron chi connectivity index (χ4n) is 7.32. The molecule has 30 heavy (non-hydrogen) atoms. The van der Waals surface area contributed by atoms with Gasteiger partial charge in [-0.05, 0) is 110 Å². The van der Waals surface area contributed by atoms with Crippen LogP contribution in [0.3, 0.4) is 0 Å². The number of hydrogen-bond acceptors (Lipinski definition) is 3. The molecule has 0 amide bonds. The highest BCUT2D eigenvalue weighted by Crippen LogP contribution is 2.62. The summed E-state index contributed by atoms with van der Waals surface area (Å²) in [5.41, 5.74) is 5.78. The number of Topliss-reactive ketones (excluding diaryl/α,β-unsaturated/α-hetero) is 1. The van der Waals surface area contributed by atoms with Crippen molar-refractivity contribution in [2.75, 3.05) is 6.26 Å². The molecule has 0 radical (unpaired) electrons. The molecule has 5 rings (SSSR count). The minimum atomic E-state index is -0.0345. The molecule has 0 spiro atoms. The number of carbonyl (C=O) groups excluding carboxylic acids is 2. The van der Waals surface area contributed by atoms with Crippen molar-refractivity contribution in [1.29, 1.82) is 0 Å². The highest BCUT2D eigenvalue weighted by Gasteiger charge is 2.54. The number of allylic oxidation sites excluding steroid dienone is 4. The minimum absolute atomic E-state index is 0.0345. The Labute approximate surface area is 184 Å². The van der Waals surface area contributed by atoms with Gasteiger partial charge in [0.25, 0.3) is 0 Å². The normalized spacial score (nSPS) is 35.4. The Bertz CT molecular complexity index is 954. The Morgan fingerprint density at radius 1 is 1.10 bits per heavy atom. The highest BCUT2D eigenvalue weighted by molar-refractivity contribution is 7.98. The monoisotopic (exact) mass is 420 g/mol. The van der Waals surface area contributed by atoms with Crippen LogP contribution in [0.4, 0.5) is 0 Å². The number of rotatable bonds is 3. The predicted molar refractivity (Wildman–Crippen MR) is 123 cm³/mol. The SMILES string of the molecule is CSc1ccc(C2CC3=C4CC[C@]5(C)[C@@H](C(C)=O)CC[C@H]5[C@@H]4CCC3=CC2=O)cc1. The van der Waals surface area contributed by atoms with Gasteiger partial charge in [0.15, 0.2) is 5.78 Å². The zero-order chi connectivity index (χ0) is 21.0. The molecule has 5 atom stereocenters. The second-order valence-electron chi connectivity index (χ2n) is 10.1. The Hall–Kier alpha value is -1.61. The summed E-state index contributed by atoms with van der Waals surface area (Å²) in [6.07, 6.45) is 11.6. The molecule has 3 heteroatoms. The standard InChI is InChI=1S/C27H32O2S/c1-16(28)24-10-11-25-21-9-6-18-14-26(29)23(17-4-7-19(30-3)8-5-17)15-22(18)20(21)12-13-27(24,25)2/h4-5,7-8,14,21,23-25H,6,9-13,15H2,1-3H3/t21-,23?,24-,25+,27-/m1/s1. The molecule has 0 heterocycles. The van der Waals surface area contributed by atoms with Gasteiger partial charge in [0.2, 0.25) is 0 Å². The zero-order valence-electron chi connectivity index (χ0n) is 18.4. The molecule has 0 N–H and O–H groups in total. The van der Waals surface area contributed by atoms with Crippen molar-refractivity contribution < 1.29 is 9.59 Å². The van der Waals surface area contributed by atoms with E-state index >= 15 is 0 Å². The number of thioether (sulfide) groups is 1. The van der Waals surface area contributed by atoms with Crippen LogP contribution < -0.4 is 0 Å². The Morgan fingerprint density at radius 3 is 2.57 bits per heavy atom. The lowest BCUT2D eigenvalue weighted by atomic mass is 9.55. The minimum Gasteiger partial charge on any atom is -0.300 e. The van der Waals surface area contributed by atoms with E-state index in [1.165, 1.54) is 22.5 Å². The molecule has 2 nitrogen and oxygen atoms in total. The first kappa shape index (κ1) is 20.3. The number of carbonyl (C=O) groups is 2. The Morgan fingerprint density at radius 2 is 1.87 bits per heavy atom. The zero-order valence-corrected chi connectivity index (χ0v) is 19.2. The lowest BCUT2D eigenvalue weighted by Crippen LogP contribution is -2.42. The van der Waals surface area contributed by atoms with Gasteiger partial charge in [0.05, 0.1) is 5.92 Å². The van der Waals surface area contributed by atoms with E-state index in [1.54, 1.807) is 24.3 Å². The molecule has 1 aromatic rings. The molecule has 1 unspecified atom stereocenters. The molecule has 0 aliphatic heterocycles. The second-order valence-corrected chi connectivity index (χ2v) is 11.0. The van der Waals surface area contributed by atoms with E-state index in [0.29, 0.717) is 17.6 Å². The summed E-state index contributed by atoms with van der Waals surface area (Å²) >= 11 is 1.74. The van der Waals surface area contributed by atoms with Gasteiger partial charge in [0.1, 0.15) is 5.78 Å². The third kappa shape index (κ3) is 3.07.